The molecule has 1 unspecified atom stereocenters. The minimum Gasteiger partial charge on any atom is -0.384 e. The summed E-state index contributed by atoms with van der Waals surface area (Å²) in [5.41, 5.74) is 0. The second kappa shape index (κ2) is 7.19. The average Bonchev–Trinajstić information content (AvgIpc) is 2.14. The van der Waals surface area contributed by atoms with Gasteiger partial charge in [-0.05, 0) is 12.5 Å². The number of ether oxygens (including phenoxy) is 1. The zero-order valence-corrected chi connectivity index (χ0v) is 10.9. The summed E-state index contributed by atoms with van der Waals surface area (Å²) in [6.07, 6.45) is 0. The van der Waals surface area contributed by atoms with Gasteiger partial charge in [-0.2, -0.15) is 0 Å². The lowest BCUT2D eigenvalue weighted by Crippen LogP contribution is -2.40. The normalized spacial score (nSPS) is 14.5. The van der Waals surface area contributed by atoms with Crippen molar-refractivity contribution in [3.63, 3.8) is 0 Å². The molecule has 0 aromatic rings. The van der Waals surface area contributed by atoms with E-state index >= 15 is 0 Å². The van der Waals surface area contributed by atoms with Crippen molar-refractivity contribution >= 4 is 9.84 Å². The molecule has 0 rings (SSSR count). The minimum absolute atomic E-state index is 0.0388. The molecule has 15 heavy (non-hydrogen) atoms. The van der Waals surface area contributed by atoms with Crippen LogP contribution in [0.4, 0.5) is 0 Å². The Kier molecular flexibility index (Phi) is 7.13. The molecule has 92 valence electrons. The summed E-state index contributed by atoms with van der Waals surface area (Å²) in [6, 6.07) is 0.0388. The molecule has 0 saturated carbocycles. The summed E-state index contributed by atoms with van der Waals surface area (Å²) >= 11 is 0. The molecule has 0 saturated heterocycles. The fourth-order valence-electron chi connectivity index (χ4n) is 1.32. The first-order valence-corrected chi connectivity index (χ1v) is 7.17. The SMILES string of the molecule is CCNC(CS(=O)(=O)CCOC)C(C)C. The summed E-state index contributed by atoms with van der Waals surface area (Å²) in [5, 5.41) is 3.19. The Hall–Kier alpha value is -0.130. The molecular formula is C10H23NO3S. The van der Waals surface area contributed by atoms with Crippen LogP contribution >= 0.6 is 0 Å². The monoisotopic (exact) mass is 237 g/mol. The van der Waals surface area contributed by atoms with Gasteiger partial charge in [0.05, 0.1) is 18.1 Å². The molecule has 0 fully saturated rings. The first-order valence-electron chi connectivity index (χ1n) is 5.35. The molecule has 5 heteroatoms. The molecule has 0 spiro atoms. The van der Waals surface area contributed by atoms with E-state index in [0.717, 1.165) is 6.54 Å². The van der Waals surface area contributed by atoms with E-state index in [9.17, 15) is 8.42 Å². The van der Waals surface area contributed by atoms with Crippen LogP contribution in [0.1, 0.15) is 20.8 Å². The predicted molar refractivity (Wildman–Crippen MR) is 62.8 cm³/mol. The van der Waals surface area contributed by atoms with Gasteiger partial charge in [0, 0.05) is 13.2 Å². The minimum atomic E-state index is -3.00. The van der Waals surface area contributed by atoms with Gasteiger partial charge in [0.2, 0.25) is 0 Å². The Morgan fingerprint density at radius 1 is 1.33 bits per heavy atom. The molecule has 0 amide bonds. The third kappa shape index (κ3) is 6.87. The van der Waals surface area contributed by atoms with E-state index in [2.05, 4.69) is 5.32 Å². The van der Waals surface area contributed by atoms with Crippen LogP contribution < -0.4 is 5.32 Å². The lowest BCUT2D eigenvalue weighted by atomic mass is 10.1. The number of sulfone groups is 1. The third-order valence-electron chi connectivity index (χ3n) is 2.30. The molecule has 0 radical (unpaired) electrons. The molecule has 0 bridgehead atoms. The topological polar surface area (TPSA) is 55.4 Å². The average molecular weight is 237 g/mol. The van der Waals surface area contributed by atoms with Crippen LogP contribution in [-0.2, 0) is 14.6 Å². The Bertz CT molecular complexity index is 249. The fraction of sp³-hybridized carbons (Fsp3) is 1.00. The number of hydrogen-bond acceptors (Lipinski definition) is 4. The number of rotatable bonds is 8. The second-order valence-corrected chi connectivity index (χ2v) is 6.24. The molecule has 1 atom stereocenters. The number of hydrogen-bond donors (Lipinski definition) is 1. The van der Waals surface area contributed by atoms with Crippen molar-refractivity contribution in [2.45, 2.75) is 26.8 Å². The first-order chi connectivity index (χ1) is 6.93. The van der Waals surface area contributed by atoms with Crippen molar-refractivity contribution in [1.29, 1.82) is 0 Å². The molecule has 0 heterocycles. The standard InChI is InChI=1S/C10H23NO3S/c1-5-11-10(9(2)3)8-15(12,13)7-6-14-4/h9-11H,5-8H2,1-4H3. The van der Waals surface area contributed by atoms with Gasteiger partial charge in [-0.3, -0.25) is 0 Å². The maximum atomic E-state index is 11.7. The largest absolute Gasteiger partial charge is 0.384 e. The van der Waals surface area contributed by atoms with Crippen LogP contribution in [0.3, 0.4) is 0 Å². The smallest absolute Gasteiger partial charge is 0.154 e. The van der Waals surface area contributed by atoms with E-state index in [1.54, 1.807) is 0 Å². The number of nitrogens with one attached hydrogen (secondary N) is 1. The van der Waals surface area contributed by atoms with Gasteiger partial charge in [0.1, 0.15) is 0 Å². The summed E-state index contributed by atoms with van der Waals surface area (Å²) in [5.74, 6) is 0.627. The van der Waals surface area contributed by atoms with Crippen LogP contribution in [0.25, 0.3) is 0 Å². The molecule has 0 aliphatic carbocycles. The highest BCUT2D eigenvalue weighted by Crippen LogP contribution is 2.05. The van der Waals surface area contributed by atoms with Crippen LogP contribution in [0, 0.1) is 5.92 Å². The summed E-state index contributed by atoms with van der Waals surface area (Å²) in [4.78, 5) is 0. The van der Waals surface area contributed by atoms with Crippen molar-refractivity contribution in [1.82, 2.24) is 5.32 Å². The lowest BCUT2D eigenvalue weighted by Gasteiger charge is -2.21. The van der Waals surface area contributed by atoms with Gasteiger partial charge < -0.3 is 10.1 Å². The summed E-state index contributed by atoms with van der Waals surface area (Å²) in [7, 11) is -1.48. The summed E-state index contributed by atoms with van der Waals surface area (Å²) in [6.45, 7) is 7.11. The highest BCUT2D eigenvalue weighted by molar-refractivity contribution is 7.91. The number of methoxy groups -OCH3 is 1. The first kappa shape index (κ1) is 14.9. The van der Waals surface area contributed by atoms with Crippen LogP contribution in [-0.4, -0.2) is 46.2 Å². The van der Waals surface area contributed by atoms with Crippen molar-refractivity contribution in [3.05, 3.63) is 0 Å². The van der Waals surface area contributed by atoms with E-state index in [4.69, 9.17) is 4.74 Å². The lowest BCUT2D eigenvalue weighted by molar-refractivity contribution is 0.217. The van der Waals surface area contributed by atoms with Crippen LogP contribution in [0.5, 0.6) is 0 Å². The van der Waals surface area contributed by atoms with Gasteiger partial charge in [-0.15, -0.1) is 0 Å². The zero-order chi connectivity index (χ0) is 11.9. The van der Waals surface area contributed by atoms with Gasteiger partial charge >= 0.3 is 0 Å². The predicted octanol–water partition coefficient (Wildman–Crippen LogP) is 0.682. The third-order valence-corrected chi connectivity index (χ3v) is 3.96. The Morgan fingerprint density at radius 3 is 2.33 bits per heavy atom. The molecule has 0 aromatic carbocycles. The maximum Gasteiger partial charge on any atom is 0.154 e. The van der Waals surface area contributed by atoms with Gasteiger partial charge in [0.25, 0.3) is 0 Å². The van der Waals surface area contributed by atoms with Crippen molar-refractivity contribution in [3.8, 4) is 0 Å². The molecule has 0 aliphatic rings. The molecule has 1 N–H and O–H groups in total. The quantitative estimate of drug-likeness (QED) is 0.674. The van der Waals surface area contributed by atoms with E-state index in [1.165, 1.54) is 7.11 Å². The fourth-order valence-corrected chi connectivity index (χ4v) is 2.95. The van der Waals surface area contributed by atoms with Crippen LogP contribution in [0.15, 0.2) is 0 Å². The van der Waals surface area contributed by atoms with Crippen molar-refractivity contribution < 1.29 is 13.2 Å². The van der Waals surface area contributed by atoms with Gasteiger partial charge in [-0.25, -0.2) is 8.42 Å². The van der Waals surface area contributed by atoms with Gasteiger partial charge in [-0.1, -0.05) is 20.8 Å². The molecule has 0 aliphatic heterocycles. The molecule has 0 aromatic heterocycles. The highest BCUT2D eigenvalue weighted by atomic mass is 32.2. The van der Waals surface area contributed by atoms with E-state index < -0.39 is 9.84 Å². The van der Waals surface area contributed by atoms with Gasteiger partial charge in [0.15, 0.2) is 9.84 Å². The highest BCUT2D eigenvalue weighted by Gasteiger charge is 2.20. The summed E-state index contributed by atoms with van der Waals surface area (Å²) < 4.78 is 28.1. The van der Waals surface area contributed by atoms with Crippen LogP contribution in [0.2, 0.25) is 0 Å². The Morgan fingerprint density at radius 2 is 1.93 bits per heavy atom. The van der Waals surface area contributed by atoms with E-state index in [1.807, 2.05) is 20.8 Å². The zero-order valence-electron chi connectivity index (χ0n) is 10.1. The Labute approximate surface area is 93.3 Å². The maximum absolute atomic E-state index is 11.7. The van der Waals surface area contributed by atoms with Crippen molar-refractivity contribution in [2.24, 2.45) is 5.92 Å². The van der Waals surface area contributed by atoms with E-state index in [0.29, 0.717) is 5.92 Å². The Balaban J connectivity index is 4.25. The van der Waals surface area contributed by atoms with E-state index in [-0.39, 0.29) is 24.2 Å². The molecular weight excluding hydrogens is 214 g/mol. The molecule has 4 nitrogen and oxygen atoms in total. The van der Waals surface area contributed by atoms with Crippen molar-refractivity contribution in [2.75, 3.05) is 31.8 Å². The second-order valence-electron chi connectivity index (χ2n) is 4.02.